The molecule has 1 fully saturated rings. The molecule has 0 N–H and O–H groups in total. The highest BCUT2D eigenvalue weighted by atomic mass is 16.2. The zero-order chi connectivity index (χ0) is 14.8. The molecule has 0 aliphatic carbocycles. The molecule has 1 saturated heterocycles. The van der Waals surface area contributed by atoms with Gasteiger partial charge in [-0.3, -0.25) is 4.79 Å². The van der Waals surface area contributed by atoms with E-state index in [0.29, 0.717) is 19.5 Å². The smallest absolute Gasteiger partial charge is 0.227 e. The molecule has 2 rings (SSSR count). The lowest BCUT2D eigenvalue weighted by Gasteiger charge is -2.21. The van der Waals surface area contributed by atoms with Crippen LogP contribution in [0.3, 0.4) is 0 Å². The van der Waals surface area contributed by atoms with Crippen molar-refractivity contribution in [2.24, 2.45) is 11.0 Å². The van der Waals surface area contributed by atoms with E-state index in [9.17, 15) is 4.79 Å². The Morgan fingerprint density at radius 3 is 2.55 bits per heavy atom. The van der Waals surface area contributed by atoms with Crippen LogP contribution in [-0.2, 0) is 10.2 Å². The monoisotopic (exact) mass is 272 g/mol. The first kappa shape index (κ1) is 14.4. The van der Waals surface area contributed by atoms with Crippen molar-refractivity contribution >= 4 is 11.6 Å². The summed E-state index contributed by atoms with van der Waals surface area (Å²) in [5.41, 5.74) is 10.6. The maximum Gasteiger partial charge on any atom is 0.227 e. The van der Waals surface area contributed by atoms with Gasteiger partial charge in [0, 0.05) is 30.1 Å². The predicted molar refractivity (Wildman–Crippen MR) is 79.6 cm³/mol. The highest BCUT2D eigenvalue weighted by Gasteiger charge is 2.30. The van der Waals surface area contributed by atoms with Crippen LogP contribution in [0.15, 0.2) is 29.4 Å². The molecule has 1 aromatic carbocycles. The Hall–Kier alpha value is -2.00. The molecule has 1 aromatic rings. The van der Waals surface area contributed by atoms with E-state index >= 15 is 0 Å². The highest BCUT2D eigenvalue weighted by Crippen LogP contribution is 2.28. The van der Waals surface area contributed by atoms with Crippen LogP contribution < -0.4 is 4.90 Å². The van der Waals surface area contributed by atoms with Crippen molar-refractivity contribution in [3.63, 3.8) is 0 Å². The molecule has 106 valence electrons. The zero-order valence-corrected chi connectivity index (χ0v) is 12.2. The molecule has 1 aliphatic rings. The van der Waals surface area contributed by atoms with E-state index in [1.165, 1.54) is 5.56 Å². The summed E-state index contributed by atoms with van der Waals surface area (Å²) in [6, 6.07) is 8.13. The van der Waals surface area contributed by atoms with Crippen molar-refractivity contribution in [1.29, 1.82) is 0 Å². The van der Waals surface area contributed by atoms with E-state index < -0.39 is 0 Å². The molecule has 0 bridgehead atoms. The summed E-state index contributed by atoms with van der Waals surface area (Å²) in [7, 11) is 0. The van der Waals surface area contributed by atoms with Crippen LogP contribution in [-0.4, -0.2) is 19.0 Å². The second kappa shape index (κ2) is 5.55. The number of rotatable bonds is 3. The maximum absolute atomic E-state index is 12.0. The molecular formula is C15H20N4O. The van der Waals surface area contributed by atoms with Gasteiger partial charge in [-0.25, -0.2) is 0 Å². The number of azide groups is 1. The number of carbonyl (C=O) groups is 1. The third kappa shape index (κ3) is 3.11. The van der Waals surface area contributed by atoms with Gasteiger partial charge in [-0.1, -0.05) is 38.0 Å². The van der Waals surface area contributed by atoms with Crippen LogP contribution in [0.1, 0.15) is 32.8 Å². The Bertz CT molecular complexity index is 538. The quantitative estimate of drug-likeness (QED) is 0.470. The second-order valence-corrected chi connectivity index (χ2v) is 6.28. The van der Waals surface area contributed by atoms with Crippen LogP contribution in [0, 0.1) is 5.92 Å². The van der Waals surface area contributed by atoms with Crippen LogP contribution in [0.2, 0.25) is 0 Å². The topological polar surface area (TPSA) is 69.1 Å². The van der Waals surface area contributed by atoms with E-state index in [4.69, 9.17) is 5.53 Å². The second-order valence-electron chi connectivity index (χ2n) is 6.28. The van der Waals surface area contributed by atoms with E-state index in [-0.39, 0.29) is 17.2 Å². The van der Waals surface area contributed by atoms with E-state index in [1.807, 2.05) is 12.1 Å². The lowest BCUT2D eigenvalue weighted by Crippen LogP contribution is -2.25. The number of benzene rings is 1. The van der Waals surface area contributed by atoms with Crippen molar-refractivity contribution in [2.45, 2.75) is 32.6 Å². The summed E-state index contributed by atoms with van der Waals surface area (Å²) in [6.45, 7) is 7.52. The minimum atomic E-state index is 0.103. The summed E-state index contributed by atoms with van der Waals surface area (Å²) in [5, 5.41) is 3.56. The van der Waals surface area contributed by atoms with E-state index in [1.54, 1.807) is 4.90 Å². The summed E-state index contributed by atoms with van der Waals surface area (Å²) >= 11 is 0. The van der Waals surface area contributed by atoms with Crippen molar-refractivity contribution in [2.75, 3.05) is 18.0 Å². The molecule has 1 amide bonds. The average molecular weight is 272 g/mol. The minimum absolute atomic E-state index is 0.103. The Kier molecular flexibility index (Phi) is 4.00. The summed E-state index contributed by atoms with van der Waals surface area (Å²) in [6.07, 6.45) is 0.458. The molecule has 0 radical (unpaired) electrons. The first-order valence-corrected chi connectivity index (χ1v) is 6.83. The van der Waals surface area contributed by atoms with Crippen LogP contribution in [0.4, 0.5) is 5.69 Å². The van der Waals surface area contributed by atoms with Crippen LogP contribution in [0.5, 0.6) is 0 Å². The molecular weight excluding hydrogens is 252 g/mol. The highest BCUT2D eigenvalue weighted by molar-refractivity contribution is 5.95. The van der Waals surface area contributed by atoms with Gasteiger partial charge in [0.25, 0.3) is 0 Å². The third-order valence-electron chi connectivity index (χ3n) is 3.65. The molecule has 1 atom stereocenters. The van der Waals surface area contributed by atoms with Gasteiger partial charge in [-0.05, 0) is 34.6 Å². The number of hydrogen-bond acceptors (Lipinski definition) is 2. The average Bonchev–Trinajstić information content (AvgIpc) is 2.77. The van der Waals surface area contributed by atoms with Gasteiger partial charge in [-0.15, -0.1) is 0 Å². The van der Waals surface area contributed by atoms with Gasteiger partial charge in [0.05, 0.1) is 0 Å². The maximum atomic E-state index is 12.0. The summed E-state index contributed by atoms with van der Waals surface area (Å²) in [5.74, 6) is 0.229. The molecule has 1 unspecified atom stereocenters. The largest absolute Gasteiger partial charge is 0.312 e. The van der Waals surface area contributed by atoms with E-state index in [2.05, 4.69) is 42.9 Å². The Morgan fingerprint density at radius 2 is 2.00 bits per heavy atom. The van der Waals surface area contributed by atoms with Crippen molar-refractivity contribution in [3.05, 3.63) is 40.3 Å². The fraction of sp³-hybridized carbons (Fsp3) is 0.533. The van der Waals surface area contributed by atoms with Gasteiger partial charge in [0.2, 0.25) is 5.91 Å². The molecule has 0 saturated carbocycles. The molecule has 1 heterocycles. The van der Waals surface area contributed by atoms with Crippen LogP contribution >= 0.6 is 0 Å². The Balaban J connectivity index is 2.12. The number of anilines is 1. The number of nitrogens with zero attached hydrogens (tertiary/aromatic N) is 4. The van der Waals surface area contributed by atoms with Gasteiger partial charge >= 0.3 is 0 Å². The molecule has 5 heteroatoms. The fourth-order valence-electron chi connectivity index (χ4n) is 2.45. The SMILES string of the molecule is CC(C)(C)c1ccc(N2CC(CN=[N+]=[N-])CC2=O)cc1. The lowest BCUT2D eigenvalue weighted by atomic mass is 9.87. The first-order valence-electron chi connectivity index (χ1n) is 6.83. The number of amides is 1. The molecule has 0 spiro atoms. The van der Waals surface area contributed by atoms with Gasteiger partial charge in [0.1, 0.15) is 0 Å². The number of hydrogen-bond donors (Lipinski definition) is 0. The summed E-state index contributed by atoms with van der Waals surface area (Å²) in [4.78, 5) is 16.6. The number of carbonyl (C=O) groups excluding carboxylic acids is 1. The molecule has 1 aliphatic heterocycles. The van der Waals surface area contributed by atoms with Crippen molar-refractivity contribution in [3.8, 4) is 0 Å². The van der Waals surface area contributed by atoms with E-state index in [0.717, 1.165) is 5.69 Å². The van der Waals surface area contributed by atoms with Gasteiger partial charge in [-0.2, -0.15) is 0 Å². The molecule has 20 heavy (non-hydrogen) atoms. The summed E-state index contributed by atoms with van der Waals surface area (Å²) < 4.78 is 0. The van der Waals surface area contributed by atoms with Gasteiger partial charge < -0.3 is 4.90 Å². The normalized spacial score (nSPS) is 19.1. The first-order chi connectivity index (χ1) is 9.41. The van der Waals surface area contributed by atoms with Crippen molar-refractivity contribution < 1.29 is 4.79 Å². The minimum Gasteiger partial charge on any atom is -0.312 e. The standard InChI is InChI=1S/C15H20N4O/c1-15(2,3)12-4-6-13(7-5-12)19-10-11(8-14(19)20)9-17-18-16/h4-7,11H,8-10H2,1-3H3. The van der Waals surface area contributed by atoms with Crippen LogP contribution in [0.25, 0.3) is 10.4 Å². The fourth-order valence-corrected chi connectivity index (χ4v) is 2.45. The van der Waals surface area contributed by atoms with Crippen molar-refractivity contribution in [1.82, 2.24) is 0 Å². The Morgan fingerprint density at radius 1 is 1.35 bits per heavy atom. The van der Waals surface area contributed by atoms with Gasteiger partial charge in [0.15, 0.2) is 0 Å². The molecule has 5 nitrogen and oxygen atoms in total. The Labute approximate surface area is 119 Å². The predicted octanol–water partition coefficient (Wildman–Crippen LogP) is 3.65. The zero-order valence-electron chi connectivity index (χ0n) is 12.2. The molecule has 0 aromatic heterocycles. The lowest BCUT2D eigenvalue weighted by molar-refractivity contribution is -0.117. The third-order valence-corrected chi connectivity index (χ3v) is 3.65.